The van der Waals surface area contributed by atoms with Crippen molar-refractivity contribution in [1.82, 2.24) is 0 Å². The van der Waals surface area contributed by atoms with Gasteiger partial charge in [-0.3, -0.25) is 4.79 Å². The van der Waals surface area contributed by atoms with Gasteiger partial charge >= 0.3 is 0 Å². The average molecular weight is 244 g/mol. The zero-order chi connectivity index (χ0) is 13.2. The third kappa shape index (κ3) is 3.30. The lowest BCUT2D eigenvalue weighted by Crippen LogP contribution is -2.22. The molecular weight excluding hydrogens is 224 g/mol. The molecule has 2 heteroatoms. The minimum atomic E-state index is -0.515. The number of allylic oxidation sites excluding steroid dienone is 1. The van der Waals surface area contributed by atoms with Gasteiger partial charge < -0.3 is 5.11 Å². The molecule has 0 heterocycles. The fraction of sp³-hybridized carbons (Fsp3) is 0.438. The lowest BCUT2D eigenvalue weighted by Gasteiger charge is -2.29. The summed E-state index contributed by atoms with van der Waals surface area (Å²) in [5.74, 6) is 0.182. The highest BCUT2D eigenvalue weighted by atomic mass is 16.3. The van der Waals surface area contributed by atoms with E-state index in [1.807, 2.05) is 30.3 Å². The molecule has 2 nitrogen and oxygen atoms in total. The van der Waals surface area contributed by atoms with Crippen LogP contribution in [0.4, 0.5) is 0 Å². The van der Waals surface area contributed by atoms with Crippen molar-refractivity contribution in [1.29, 1.82) is 0 Å². The van der Waals surface area contributed by atoms with Gasteiger partial charge in [0.2, 0.25) is 0 Å². The van der Waals surface area contributed by atoms with Gasteiger partial charge in [0.25, 0.3) is 0 Å². The molecule has 0 amide bonds. The summed E-state index contributed by atoms with van der Waals surface area (Å²) in [7, 11) is 0. The second-order valence-electron chi connectivity index (χ2n) is 5.92. The second-order valence-corrected chi connectivity index (χ2v) is 5.92. The Labute approximate surface area is 108 Å². The van der Waals surface area contributed by atoms with Crippen molar-refractivity contribution in [3.05, 3.63) is 47.5 Å². The largest absolute Gasteiger partial charge is 0.388 e. The molecule has 96 valence electrons. The molecule has 1 aromatic carbocycles. The smallest absolute Gasteiger partial charge is 0.156 e. The molecule has 0 spiro atoms. The highest BCUT2D eigenvalue weighted by Crippen LogP contribution is 2.37. The van der Waals surface area contributed by atoms with E-state index < -0.39 is 6.10 Å². The number of ketones is 1. The van der Waals surface area contributed by atoms with E-state index in [2.05, 4.69) is 13.8 Å². The van der Waals surface area contributed by atoms with Crippen LogP contribution in [-0.4, -0.2) is 10.9 Å². The highest BCUT2D eigenvalue weighted by Gasteiger charge is 2.28. The van der Waals surface area contributed by atoms with Gasteiger partial charge in [0.05, 0.1) is 6.10 Å². The summed E-state index contributed by atoms with van der Waals surface area (Å²) in [6.07, 6.45) is 3.26. The quantitative estimate of drug-likeness (QED) is 0.884. The van der Waals surface area contributed by atoms with E-state index >= 15 is 0 Å². The number of hydrogen-bond acceptors (Lipinski definition) is 2. The first-order valence-electron chi connectivity index (χ1n) is 6.42. The number of benzene rings is 1. The van der Waals surface area contributed by atoms with Crippen molar-refractivity contribution in [2.45, 2.75) is 39.2 Å². The topological polar surface area (TPSA) is 37.3 Å². The molecule has 0 saturated carbocycles. The molecule has 1 aliphatic rings. The Morgan fingerprint density at radius 3 is 2.50 bits per heavy atom. The van der Waals surface area contributed by atoms with Crippen molar-refractivity contribution in [3.63, 3.8) is 0 Å². The zero-order valence-corrected chi connectivity index (χ0v) is 11.0. The van der Waals surface area contributed by atoms with Crippen LogP contribution in [0.15, 0.2) is 42.0 Å². The molecule has 0 aromatic heterocycles. The van der Waals surface area contributed by atoms with Crippen molar-refractivity contribution < 1.29 is 9.90 Å². The van der Waals surface area contributed by atoms with E-state index in [9.17, 15) is 9.90 Å². The second kappa shape index (κ2) is 5.07. The van der Waals surface area contributed by atoms with Crippen molar-refractivity contribution in [3.8, 4) is 0 Å². The third-order valence-electron chi connectivity index (χ3n) is 3.36. The number of aliphatic hydroxyl groups excluding tert-OH is 1. The Kier molecular flexibility index (Phi) is 3.67. The number of carbonyl (C=O) groups is 1. The first-order chi connectivity index (χ1) is 8.46. The van der Waals surface area contributed by atoms with Gasteiger partial charge in [-0.25, -0.2) is 0 Å². The Bertz CT molecular complexity index is 457. The van der Waals surface area contributed by atoms with E-state index in [0.29, 0.717) is 12.8 Å². The molecule has 0 bridgehead atoms. The molecule has 0 radical (unpaired) electrons. The summed E-state index contributed by atoms with van der Waals surface area (Å²) >= 11 is 0. The molecule has 1 atom stereocenters. The van der Waals surface area contributed by atoms with Crippen LogP contribution in [0.5, 0.6) is 0 Å². The van der Waals surface area contributed by atoms with E-state index in [1.54, 1.807) is 6.08 Å². The maximum atomic E-state index is 11.6. The lowest BCUT2D eigenvalue weighted by molar-refractivity contribution is -0.117. The van der Waals surface area contributed by atoms with Gasteiger partial charge in [-0.15, -0.1) is 0 Å². The molecule has 2 rings (SSSR count). The van der Waals surface area contributed by atoms with Crippen LogP contribution in [-0.2, 0) is 4.79 Å². The molecule has 1 unspecified atom stereocenters. The van der Waals surface area contributed by atoms with E-state index in [1.165, 1.54) is 0 Å². The number of carbonyl (C=O) groups excluding carboxylic acids is 1. The van der Waals surface area contributed by atoms with Crippen LogP contribution < -0.4 is 0 Å². The van der Waals surface area contributed by atoms with Gasteiger partial charge in [0, 0.05) is 6.42 Å². The lowest BCUT2D eigenvalue weighted by atomic mass is 9.75. The van der Waals surface area contributed by atoms with Crippen LogP contribution in [0, 0.1) is 5.41 Å². The SMILES string of the molecule is CC1(C)CC(=O)C=C(CC(O)c2ccccc2)C1. The third-order valence-corrected chi connectivity index (χ3v) is 3.36. The van der Waals surface area contributed by atoms with Crippen molar-refractivity contribution in [2.24, 2.45) is 5.41 Å². The Morgan fingerprint density at radius 2 is 1.89 bits per heavy atom. The van der Waals surface area contributed by atoms with E-state index in [0.717, 1.165) is 17.6 Å². The summed E-state index contributed by atoms with van der Waals surface area (Å²) in [6.45, 7) is 4.21. The van der Waals surface area contributed by atoms with Crippen LogP contribution in [0.1, 0.15) is 44.8 Å². The van der Waals surface area contributed by atoms with Crippen molar-refractivity contribution in [2.75, 3.05) is 0 Å². The van der Waals surface area contributed by atoms with Crippen LogP contribution in [0.25, 0.3) is 0 Å². The van der Waals surface area contributed by atoms with Gasteiger partial charge in [0.1, 0.15) is 0 Å². The molecule has 0 aliphatic heterocycles. The normalized spacial score (nSPS) is 20.4. The maximum absolute atomic E-state index is 11.6. The summed E-state index contributed by atoms with van der Waals surface area (Å²) < 4.78 is 0. The van der Waals surface area contributed by atoms with Gasteiger partial charge in [-0.05, 0) is 29.9 Å². The first kappa shape index (κ1) is 13.0. The number of hydrogen-bond donors (Lipinski definition) is 1. The van der Waals surface area contributed by atoms with Crippen LogP contribution in [0.3, 0.4) is 0 Å². The Hall–Kier alpha value is -1.41. The maximum Gasteiger partial charge on any atom is 0.156 e. The molecule has 1 aliphatic carbocycles. The molecule has 0 fully saturated rings. The average Bonchev–Trinajstić information content (AvgIpc) is 2.27. The van der Waals surface area contributed by atoms with E-state index in [4.69, 9.17) is 0 Å². The molecule has 0 saturated heterocycles. The van der Waals surface area contributed by atoms with E-state index in [-0.39, 0.29) is 11.2 Å². The standard InChI is InChI=1S/C16H20O2/c1-16(2)10-12(8-14(17)11-16)9-15(18)13-6-4-3-5-7-13/h3-8,15,18H,9-11H2,1-2H3. The summed E-state index contributed by atoms with van der Waals surface area (Å²) in [5, 5.41) is 10.2. The fourth-order valence-electron chi connectivity index (χ4n) is 2.65. The molecule has 18 heavy (non-hydrogen) atoms. The van der Waals surface area contributed by atoms with Gasteiger partial charge in [-0.2, -0.15) is 0 Å². The van der Waals surface area contributed by atoms with Gasteiger partial charge in [0.15, 0.2) is 5.78 Å². The Balaban J connectivity index is 2.08. The number of rotatable bonds is 3. The highest BCUT2D eigenvalue weighted by molar-refractivity contribution is 5.91. The Morgan fingerprint density at radius 1 is 1.22 bits per heavy atom. The van der Waals surface area contributed by atoms with Crippen molar-refractivity contribution >= 4 is 5.78 Å². The zero-order valence-electron chi connectivity index (χ0n) is 11.0. The summed E-state index contributed by atoms with van der Waals surface area (Å²) in [4.78, 5) is 11.6. The van der Waals surface area contributed by atoms with Crippen LogP contribution >= 0.6 is 0 Å². The van der Waals surface area contributed by atoms with Crippen LogP contribution in [0.2, 0.25) is 0 Å². The molecular formula is C16H20O2. The predicted octanol–water partition coefficient (Wildman–Crippen LogP) is 3.43. The number of aliphatic hydroxyl groups is 1. The summed E-state index contributed by atoms with van der Waals surface area (Å²) in [6, 6.07) is 9.61. The monoisotopic (exact) mass is 244 g/mol. The fourth-order valence-corrected chi connectivity index (χ4v) is 2.65. The molecule has 1 N–H and O–H groups in total. The first-order valence-corrected chi connectivity index (χ1v) is 6.42. The minimum absolute atomic E-state index is 0.0254. The molecule has 1 aromatic rings. The van der Waals surface area contributed by atoms with Gasteiger partial charge in [-0.1, -0.05) is 49.8 Å². The minimum Gasteiger partial charge on any atom is -0.388 e. The summed E-state index contributed by atoms with van der Waals surface area (Å²) in [5.41, 5.74) is 2.00. The predicted molar refractivity (Wildman–Crippen MR) is 72.1 cm³/mol.